The van der Waals surface area contributed by atoms with E-state index in [1.807, 2.05) is 42.5 Å². The van der Waals surface area contributed by atoms with Crippen molar-refractivity contribution in [3.8, 4) is 5.75 Å². The molecule has 0 saturated heterocycles. The number of benzene rings is 2. The van der Waals surface area contributed by atoms with Crippen molar-refractivity contribution >= 4 is 22.6 Å². The average Bonchev–Trinajstić information content (AvgIpc) is 2.69. The summed E-state index contributed by atoms with van der Waals surface area (Å²) in [7, 11) is 0. The minimum Gasteiger partial charge on any atom is -0.482 e. The van der Waals surface area contributed by atoms with Crippen molar-refractivity contribution in [2.75, 3.05) is 19.8 Å². The highest BCUT2D eigenvalue weighted by atomic mass is 16.6. The maximum atomic E-state index is 11.8. The van der Waals surface area contributed by atoms with Crippen LogP contribution in [0.25, 0.3) is 10.8 Å². The Hall–Kier alpha value is -2.56. The molecule has 0 aliphatic heterocycles. The minimum atomic E-state index is -0.550. The summed E-state index contributed by atoms with van der Waals surface area (Å²) < 4.78 is 10.4. The Kier molecular flexibility index (Phi) is 6.47. The first-order valence-corrected chi connectivity index (χ1v) is 9.24. The van der Waals surface area contributed by atoms with E-state index in [0.29, 0.717) is 18.2 Å². The second-order valence-corrected chi connectivity index (χ2v) is 6.77. The van der Waals surface area contributed by atoms with Crippen molar-refractivity contribution in [2.45, 2.75) is 32.1 Å². The van der Waals surface area contributed by atoms with Crippen molar-refractivity contribution in [3.63, 3.8) is 0 Å². The zero-order chi connectivity index (χ0) is 18.2. The number of ether oxygens (including phenoxy) is 2. The molecule has 138 valence electrons. The van der Waals surface area contributed by atoms with Crippen LogP contribution in [0.5, 0.6) is 5.75 Å². The Morgan fingerprint density at radius 1 is 0.962 bits per heavy atom. The third-order valence-corrected chi connectivity index (χ3v) is 4.75. The first kappa shape index (κ1) is 18.2. The van der Waals surface area contributed by atoms with Gasteiger partial charge in [-0.1, -0.05) is 49.6 Å². The molecule has 2 aromatic rings. The second kappa shape index (κ2) is 9.22. The summed E-state index contributed by atoms with van der Waals surface area (Å²) in [5.41, 5.74) is 0. The number of hydrogen-bond donors (Lipinski definition) is 1. The lowest BCUT2D eigenvalue weighted by atomic mass is 9.89. The molecule has 26 heavy (non-hydrogen) atoms. The van der Waals surface area contributed by atoms with Crippen LogP contribution in [0.3, 0.4) is 0 Å². The Labute approximate surface area is 153 Å². The van der Waals surface area contributed by atoms with Gasteiger partial charge in [0.15, 0.2) is 13.2 Å². The van der Waals surface area contributed by atoms with Gasteiger partial charge >= 0.3 is 5.97 Å². The zero-order valence-electron chi connectivity index (χ0n) is 14.9. The van der Waals surface area contributed by atoms with Crippen molar-refractivity contribution in [3.05, 3.63) is 42.5 Å². The topological polar surface area (TPSA) is 64.6 Å². The van der Waals surface area contributed by atoms with Crippen LogP contribution in [0.15, 0.2) is 42.5 Å². The van der Waals surface area contributed by atoms with E-state index in [4.69, 9.17) is 9.47 Å². The largest absolute Gasteiger partial charge is 0.482 e. The molecule has 0 spiro atoms. The Balaban J connectivity index is 1.36. The standard InChI is InChI=1S/C21H25NO4/c23-20(22-13-16-6-2-1-3-7-16)14-26-21(24)15-25-19-11-10-17-8-4-5-9-18(17)12-19/h4-5,8-12,16H,1-3,6-7,13-15H2,(H,22,23). The summed E-state index contributed by atoms with van der Waals surface area (Å²) >= 11 is 0. The number of esters is 1. The lowest BCUT2D eigenvalue weighted by Gasteiger charge is -2.21. The molecule has 5 nitrogen and oxygen atoms in total. The van der Waals surface area contributed by atoms with Gasteiger partial charge in [-0.3, -0.25) is 4.79 Å². The quantitative estimate of drug-likeness (QED) is 0.773. The molecule has 1 N–H and O–H groups in total. The van der Waals surface area contributed by atoms with Crippen LogP contribution in [-0.2, 0) is 14.3 Å². The number of rotatable bonds is 7. The molecule has 3 rings (SSSR count). The van der Waals surface area contributed by atoms with Gasteiger partial charge in [0, 0.05) is 6.54 Å². The molecule has 2 aromatic carbocycles. The van der Waals surface area contributed by atoms with E-state index in [-0.39, 0.29) is 19.1 Å². The highest BCUT2D eigenvalue weighted by Crippen LogP contribution is 2.22. The Morgan fingerprint density at radius 2 is 1.73 bits per heavy atom. The molecule has 0 unspecified atom stereocenters. The molecule has 5 heteroatoms. The zero-order valence-corrected chi connectivity index (χ0v) is 14.9. The van der Waals surface area contributed by atoms with E-state index < -0.39 is 5.97 Å². The predicted octanol–water partition coefficient (Wildman–Crippen LogP) is 3.46. The molecule has 1 fully saturated rings. The highest BCUT2D eigenvalue weighted by molar-refractivity contribution is 5.84. The fourth-order valence-electron chi connectivity index (χ4n) is 3.29. The second-order valence-electron chi connectivity index (χ2n) is 6.77. The number of nitrogens with one attached hydrogen (secondary N) is 1. The maximum absolute atomic E-state index is 11.8. The van der Waals surface area contributed by atoms with Crippen molar-refractivity contribution in [1.82, 2.24) is 5.32 Å². The van der Waals surface area contributed by atoms with Gasteiger partial charge in [-0.25, -0.2) is 4.79 Å². The number of carbonyl (C=O) groups is 2. The van der Waals surface area contributed by atoms with Crippen molar-refractivity contribution in [1.29, 1.82) is 0 Å². The van der Waals surface area contributed by atoms with E-state index in [0.717, 1.165) is 10.8 Å². The van der Waals surface area contributed by atoms with Crippen LogP contribution in [0.4, 0.5) is 0 Å². The lowest BCUT2D eigenvalue weighted by molar-refractivity contribution is -0.150. The van der Waals surface area contributed by atoms with Gasteiger partial charge < -0.3 is 14.8 Å². The van der Waals surface area contributed by atoms with Crippen LogP contribution in [0.2, 0.25) is 0 Å². The fraction of sp³-hybridized carbons (Fsp3) is 0.429. The third-order valence-electron chi connectivity index (χ3n) is 4.75. The average molecular weight is 355 g/mol. The number of amides is 1. The lowest BCUT2D eigenvalue weighted by Crippen LogP contribution is -2.34. The molecule has 1 amide bonds. The molecule has 0 atom stereocenters. The van der Waals surface area contributed by atoms with Crippen molar-refractivity contribution < 1.29 is 19.1 Å². The SMILES string of the molecule is O=C(COC(=O)COc1ccc2ccccc2c1)NCC1CCCCC1. The highest BCUT2D eigenvalue weighted by Gasteiger charge is 2.15. The van der Waals surface area contributed by atoms with E-state index >= 15 is 0 Å². The van der Waals surface area contributed by atoms with Crippen LogP contribution < -0.4 is 10.1 Å². The molecule has 0 aromatic heterocycles. The van der Waals surface area contributed by atoms with Crippen LogP contribution in [0, 0.1) is 5.92 Å². The summed E-state index contributed by atoms with van der Waals surface area (Å²) in [6.07, 6.45) is 6.10. The number of hydrogen-bond acceptors (Lipinski definition) is 4. The molecule has 1 aliphatic carbocycles. The predicted molar refractivity (Wildman–Crippen MR) is 100.0 cm³/mol. The Bertz CT molecular complexity index is 753. The van der Waals surface area contributed by atoms with Gasteiger partial charge in [-0.05, 0) is 41.7 Å². The summed E-state index contributed by atoms with van der Waals surface area (Å²) in [6.45, 7) is 0.199. The molecular weight excluding hydrogens is 330 g/mol. The maximum Gasteiger partial charge on any atom is 0.344 e. The summed E-state index contributed by atoms with van der Waals surface area (Å²) in [5.74, 6) is 0.350. The monoisotopic (exact) mass is 355 g/mol. The fourth-order valence-corrected chi connectivity index (χ4v) is 3.29. The summed E-state index contributed by atoms with van der Waals surface area (Å²) in [6, 6.07) is 13.5. The van der Waals surface area contributed by atoms with Gasteiger partial charge in [0.05, 0.1) is 0 Å². The van der Waals surface area contributed by atoms with Gasteiger partial charge in [0.2, 0.25) is 0 Å². The minimum absolute atomic E-state index is 0.214. The van der Waals surface area contributed by atoms with Gasteiger partial charge in [-0.15, -0.1) is 0 Å². The number of carbonyl (C=O) groups excluding carboxylic acids is 2. The van der Waals surface area contributed by atoms with E-state index in [2.05, 4.69) is 5.32 Å². The van der Waals surface area contributed by atoms with E-state index in [1.54, 1.807) is 0 Å². The van der Waals surface area contributed by atoms with Gasteiger partial charge in [-0.2, -0.15) is 0 Å². The molecule has 0 heterocycles. The van der Waals surface area contributed by atoms with Crippen molar-refractivity contribution in [2.24, 2.45) is 5.92 Å². The van der Waals surface area contributed by atoms with Crippen LogP contribution in [0.1, 0.15) is 32.1 Å². The first-order chi connectivity index (χ1) is 12.7. The normalized spacial score (nSPS) is 14.8. The van der Waals surface area contributed by atoms with Gasteiger partial charge in [0.1, 0.15) is 5.75 Å². The van der Waals surface area contributed by atoms with Crippen LogP contribution >= 0.6 is 0 Å². The smallest absolute Gasteiger partial charge is 0.344 e. The third kappa shape index (κ3) is 5.48. The molecule has 0 bridgehead atoms. The van der Waals surface area contributed by atoms with E-state index in [1.165, 1.54) is 32.1 Å². The molecule has 1 aliphatic rings. The molecule has 0 radical (unpaired) electrons. The molecular formula is C21H25NO4. The molecule has 1 saturated carbocycles. The van der Waals surface area contributed by atoms with Gasteiger partial charge in [0.25, 0.3) is 5.91 Å². The summed E-state index contributed by atoms with van der Waals surface area (Å²) in [4.78, 5) is 23.5. The first-order valence-electron chi connectivity index (χ1n) is 9.24. The number of fused-ring (bicyclic) bond motifs is 1. The van der Waals surface area contributed by atoms with Crippen LogP contribution in [-0.4, -0.2) is 31.6 Å². The van der Waals surface area contributed by atoms with E-state index in [9.17, 15) is 9.59 Å². The summed E-state index contributed by atoms with van der Waals surface area (Å²) in [5, 5.41) is 5.00. The Morgan fingerprint density at radius 3 is 2.54 bits per heavy atom.